The molecule has 6 heteroatoms. The van der Waals surface area contributed by atoms with Gasteiger partial charge in [-0.2, -0.15) is 0 Å². The zero-order chi connectivity index (χ0) is 19.3. The van der Waals surface area contributed by atoms with Gasteiger partial charge in [-0.1, -0.05) is 48.5 Å². The summed E-state index contributed by atoms with van der Waals surface area (Å²) >= 11 is 0. The van der Waals surface area contributed by atoms with Crippen molar-refractivity contribution in [1.82, 2.24) is 4.90 Å². The molecule has 152 valence electrons. The minimum Gasteiger partial charge on any atom is -0.489 e. The zero-order valence-corrected chi connectivity index (χ0v) is 16.9. The second-order valence-corrected chi connectivity index (χ2v) is 7.10. The highest BCUT2D eigenvalue weighted by Gasteiger charge is 2.37. The van der Waals surface area contributed by atoms with Gasteiger partial charge in [-0.25, -0.2) is 0 Å². The van der Waals surface area contributed by atoms with Crippen LogP contribution in [0.3, 0.4) is 0 Å². The number of para-hydroxylation sites is 1. The number of hydrogen-bond donors (Lipinski definition) is 1. The van der Waals surface area contributed by atoms with Crippen LogP contribution in [0.25, 0.3) is 0 Å². The van der Waals surface area contributed by atoms with Crippen LogP contribution < -0.4 is 10.5 Å². The van der Waals surface area contributed by atoms with Gasteiger partial charge in [-0.05, 0) is 36.2 Å². The maximum atomic E-state index is 13.1. The molecule has 0 radical (unpaired) electrons. The summed E-state index contributed by atoms with van der Waals surface area (Å²) in [6, 6.07) is 21.6. The predicted octanol–water partition coefficient (Wildman–Crippen LogP) is 4.09. The van der Waals surface area contributed by atoms with Crippen molar-refractivity contribution in [2.24, 2.45) is 11.7 Å². The number of furan rings is 1. The molecule has 0 spiro atoms. The first-order valence-corrected chi connectivity index (χ1v) is 9.54. The molecule has 2 atom stereocenters. The van der Waals surface area contributed by atoms with Crippen LogP contribution in [0.2, 0.25) is 0 Å². The summed E-state index contributed by atoms with van der Waals surface area (Å²) in [5.74, 6) is 1.49. The first kappa shape index (κ1) is 21.0. The van der Waals surface area contributed by atoms with E-state index < -0.39 is 0 Å². The van der Waals surface area contributed by atoms with Gasteiger partial charge in [0, 0.05) is 24.6 Å². The Labute approximate surface area is 176 Å². The summed E-state index contributed by atoms with van der Waals surface area (Å²) in [4.78, 5) is 15.0. The van der Waals surface area contributed by atoms with Crippen molar-refractivity contribution >= 4 is 18.3 Å². The van der Waals surface area contributed by atoms with Crippen molar-refractivity contribution in [2.75, 3.05) is 19.6 Å². The maximum absolute atomic E-state index is 13.1. The average Bonchev–Trinajstić information content (AvgIpc) is 3.40. The van der Waals surface area contributed by atoms with Crippen LogP contribution in [0, 0.1) is 5.92 Å². The summed E-state index contributed by atoms with van der Waals surface area (Å²) in [5, 5.41) is 0. The van der Waals surface area contributed by atoms with Crippen molar-refractivity contribution < 1.29 is 13.9 Å². The lowest BCUT2D eigenvalue weighted by Gasteiger charge is -2.16. The number of carbonyl (C=O) groups excluding carboxylic acids is 1. The van der Waals surface area contributed by atoms with E-state index in [-0.39, 0.29) is 36.8 Å². The van der Waals surface area contributed by atoms with Gasteiger partial charge in [0.1, 0.15) is 12.4 Å². The third kappa shape index (κ3) is 4.63. The SMILES string of the molecule is Cl.NC[C@@H]1CN(C(=O)c2occc2COc2ccccc2)C[C@H]1c1ccccc1. The van der Waals surface area contributed by atoms with E-state index in [0.29, 0.717) is 25.4 Å². The van der Waals surface area contributed by atoms with Gasteiger partial charge in [-0.3, -0.25) is 4.79 Å². The molecule has 0 saturated carbocycles. The number of amides is 1. The number of rotatable bonds is 6. The van der Waals surface area contributed by atoms with Gasteiger partial charge < -0.3 is 19.8 Å². The van der Waals surface area contributed by atoms with Crippen LogP contribution in [0.15, 0.2) is 77.4 Å². The fraction of sp³-hybridized carbons (Fsp3) is 0.261. The molecule has 1 amide bonds. The monoisotopic (exact) mass is 412 g/mol. The molecule has 2 N–H and O–H groups in total. The number of benzene rings is 2. The van der Waals surface area contributed by atoms with E-state index >= 15 is 0 Å². The van der Waals surface area contributed by atoms with E-state index in [9.17, 15) is 4.79 Å². The highest BCUT2D eigenvalue weighted by molar-refractivity contribution is 5.93. The van der Waals surface area contributed by atoms with Crippen molar-refractivity contribution in [1.29, 1.82) is 0 Å². The smallest absolute Gasteiger partial charge is 0.290 e. The lowest BCUT2D eigenvalue weighted by atomic mass is 9.89. The molecular weight excluding hydrogens is 388 g/mol. The van der Waals surface area contributed by atoms with Crippen LogP contribution in [-0.4, -0.2) is 30.4 Å². The summed E-state index contributed by atoms with van der Waals surface area (Å²) in [5.41, 5.74) is 7.98. The lowest BCUT2D eigenvalue weighted by molar-refractivity contribution is 0.0751. The second-order valence-electron chi connectivity index (χ2n) is 7.10. The van der Waals surface area contributed by atoms with E-state index in [2.05, 4.69) is 12.1 Å². The molecule has 2 aromatic carbocycles. The van der Waals surface area contributed by atoms with E-state index in [1.165, 1.54) is 5.56 Å². The first-order valence-electron chi connectivity index (χ1n) is 9.54. The molecule has 1 fully saturated rings. The Balaban J connectivity index is 0.00000240. The van der Waals surface area contributed by atoms with Crippen LogP contribution in [0.4, 0.5) is 0 Å². The number of hydrogen-bond acceptors (Lipinski definition) is 4. The summed E-state index contributed by atoms with van der Waals surface area (Å²) in [6.45, 7) is 2.11. The van der Waals surface area contributed by atoms with Crippen LogP contribution >= 0.6 is 12.4 Å². The Bertz CT molecular complexity index is 914. The molecule has 5 nitrogen and oxygen atoms in total. The Morgan fingerprint density at radius 3 is 2.41 bits per heavy atom. The second kappa shape index (κ2) is 9.63. The number of carbonyl (C=O) groups is 1. The van der Waals surface area contributed by atoms with E-state index in [4.69, 9.17) is 14.9 Å². The van der Waals surface area contributed by atoms with Gasteiger partial charge >= 0.3 is 0 Å². The molecule has 0 unspecified atom stereocenters. The summed E-state index contributed by atoms with van der Waals surface area (Å²) < 4.78 is 11.3. The highest BCUT2D eigenvalue weighted by atomic mass is 35.5. The third-order valence-electron chi connectivity index (χ3n) is 5.34. The first-order chi connectivity index (χ1) is 13.8. The normalized spacial score (nSPS) is 18.3. The van der Waals surface area contributed by atoms with E-state index in [1.54, 1.807) is 12.3 Å². The van der Waals surface area contributed by atoms with Gasteiger partial charge in [0.2, 0.25) is 0 Å². The van der Waals surface area contributed by atoms with Crippen LogP contribution in [-0.2, 0) is 6.61 Å². The zero-order valence-electron chi connectivity index (χ0n) is 16.1. The van der Waals surface area contributed by atoms with Crippen molar-refractivity contribution in [3.05, 3.63) is 89.9 Å². The molecule has 0 aliphatic carbocycles. The Morgan fingerprint density at radius 1 is 1.03 bits per heavy atom. The van der Waals surface area contributed by atoms with Gasteiger partial charge in [0.15, 0.2) is 5.76 Å². The minimum absolute atomic E-state index is 0. The van der Waals surface area contributed by atoms with Gasteiger partial charge in [0.05, 0.1) is 6.26 Å². The molecule has 1 aromatic heterocycles. The van der Waals surface area contributed by atoms with Crippen molar-refractivity contribution in [2.45, 2.75) is 12.5 Å². The summed E-state index contributed by atoms with van der Waals surface area (Å²) in [6.07, 6.45) is 1.54. The number of ether oxygens (including phenoxy) is 1. The van der Waals surface area contributed by atoms with Crippen LogP contribution in [0.5, 0.6) is 5.75 Å². The molecular formula is C23H25ClN2O3. The molecule has 2 heterocycles. The van der Waals surface area contributed by atoms with Crippen molar-refractivity contribution in [3.8, 4) is 5.75 Å². The van der Waals surface area contributed by atoms with Gasteiger partial charge in [0.25, 0.3) is 5.91 Å². The summed E-state index contributed by atoms with van der Waals surface area (Å²) in [7, 11) is 0. The predicted molar refractivity (Wildman–Crippen MR) is 114 cm³/mol. The van der Waals surface area contributed by atoms with Crippen molar-refractivity contribution in [3.63, 3.8) is 0 Å². The standard InChI is InChI=1S/C23H24N2O3.ClH/c24-13-19-14-25(15-21(19)17-7-3-1-4-8-17)23(26)22-18(11-12-27-22)16-28-20-9-5-2-6-10-20;/h1-12,19,21H,13-16,24H2;1H/t19-,21+;/m1./s1. The van der Waals surface area contributed by atoms with E-state index in [0.717, 1.165) is 11.3 Å². The fourth-order valence-electron chi connectivity index (χ4n) is 3.81. The highest BCUT2D eigenvalue weighted by Crippen LogP contribution is 2.33. The van der Waals surface area contributed by atoms with E-state index in [1.807, 2.05) is 53.4 Å². The molecule has 0 bridgehead atoms. The number of nitrogens with zero attached hydrogens (tertiary/aromatic N) is 1. The maximum Gasteiger partial charge on any atom is 0.290 e. The number of nitrogens with two attached hydrogens (primary N) is 1. The molecule has 29 heavy (non-hydrogen) atoms. The average molecular weight is 413 g/mol. The Morgan fingerprint density at radius 2 is 1.72 bits per heavy atom. The van der Waals surface area contributed by atoms with Gasteiger partial charge in [-0.15, -0.1) is 12.4 Å². The minimum atomic E-state index is -0.103. The quantitative estimate of drug-likeness (QED) is 0.661. The lowest BCUT2D eigenvalue weighted by Crippen LogP contribution is -2.30. The molecule has 1 saturated heterocycles. The van der Waals surface area contributed by atoms with Crippen LogP contribution in [0.1, 0.15) is 27.6 Å². The third-order valence-corrected chi connectivity index (χ3v) is 5.34. The molecule has 3 aromatic rings. The number of likely N-dealkylation sites (tertiary alicyclic amines) is 1. The fourth-order valence-corrected chi connectivity index (χ4v) is 3.81. The Kier molecular flexibility index (Phi) is 6.96. The number of halogens is 1. The Hall–Kier alpha value is -2.76. The molecule has 1 aliphatic heterocycles. The topological polar surface area (TPSA) is 68.7 Å². The molecule has 1 aliphatic rings. The molecule has 4 rings (SSSR count). The largest absolute Gasteiger partial charge is 0.489 e.